The molecule has 0 unspecified atom stereocenters. The molecule has 3 rings (SSSR count). The van der Waals surface area contributed by atoms with Crippen LogP contribution in [0.3, 0.4) is 0 Å². The second-order valence-corrected chi connectivity index (χ2v) is 6.70. The molecule has 1 aliphatic heterocycles. The second kappa shape index (κ2) is 6.03. The number of hydrogen-bond acceptors (Lipinski definition) is 3. The summed E-state index contributed by atoms with van der Waals surface area (Å²) in [4.78, 5) is 17.8. The highest BCUT2D eigenvalue weighted by molar-refractivity contribution is 14.1. The number of pyridine rings is 1. The van der Waals surface area contributed by atoms with Gasteiger partial charge in [0.2, 0.25) is 0 Å². The molecule has 1 aromatic heterocycles. The number of anilines is 2. The van der Waals surface area contributed by atoms with Gasteiger partial charge in [-0.25, -0.2) is 13.8 Å². The van der Waals surface area contributed by atoms with E-state index < -0.39 is 5.92 Å². The van der Waals surface area contributed by atoms with Gasteiger partial charge >= 0.3 is 0 Å². The van der Waals surface area contributed by atoms with E-state index in [9.17, 15) is 13.6 Å². The lowest BCUT2D eigenvalue weighted by Crippen LogP contribution is -2.56. The van der Waals surface area contributed by atoms with Gasteiger partial charge in [-0.05, 0) is 59.3 Å². The number of alkyl halides is 2. The Hall–Kier alpha value is -1.77. The summed E-state index contributed by atoms with van der Waals surface area (Å²) in [5.41, 5.74) is 2.23. The Morgan fingerprint density at radius 3 is 2.61 bits per heavy atom. The number of amides is 1. The van der Waals surface area contributed by atoms with Crippen LogP contribution in [-0.2, 0) is 0 Å². The molecular weight excluding hydrogens is 415 g/mol. The highest BCUT2D eigenvalue weighted by Crippen LogP contribution is 2.30. The fourth-order valence-corrected chi connectivity index (χ4v) is 2.77. The van der Waals surface area contributed by atoms with Gasteiger partial charge in [-0.15, -0.1) is 0 Å². The molecule has 1 N–H and O–H groups in total. The van der Waals surface area contributed by atoms with Gasteiger partial charge in [0.25, 0.3) is 11.8 Å². The predicted octanol–water partition coefficient (Wildman–Crippen LogP) is 3.70. The maximum atomic E-state index is 12.9. The van der Waals surface area contributed by atoms with Gasteiger partial charge in [-0.2, -0.15) is 0 Å². The first kappa shape index (κ1) is 16.1. The molecule has 23 heavy (non-hydrogen) atoms. The maximum absolute atomic E-state index is 12.9. The Kier molecular flexibility index (Phi) is 4.22. The summed E-state index contributed by atoms with van der Waals surface area (Å²) >= 11 is 2.21. The van der Waals surface area contributed by atoms with Crippen molar-refractivity contribution >= 4 is 40.0 Å². The molecule has 1 amide bonds. The molecular formula is C16H14F2IN3O. The number of aromatic nitrogens is 1. The summed E-state index contributed by atoms with van der Waals surface area (Å²) in [6.07, 6.45) is 1.40. The third-order valence-corrected chi connectivity index (χ3v) is 4.77. The number of nitrogens with one attached hydrogen (secondary N) is 1. The average Bonchev–Trinajstić information content (AvgIpc) is 2.48. The number of carbonyl (C=O) groups excluding carboxylic acids is 1. The lowest BCUT2D eigenvalue weighted by Gasteiger charge is -2.39. The van der Waals surface area contributed by atoms with Crippen LogP contribution in [0.15, 0.2) is 36.5 Å². The molecule has 0 atom stereocenters. The van der Waals surface area contributed by atoms with Crippen LogP contribution >= 0.6 is 22.6 Å². The fourth-order valence-electron chi connectivity index (χ4n) is 2.26. The standard InChI is InChI=1S/C16H14F2IN3O/c1-10-2-4-12(6-13(10)19)21-15(23)11-3-5-14(20-7-11)22-8-16(17,18)9-22/h2-7H,8-9H2,1H3,(H,21,23). The van der Waals surface area contributed by atoms with Gasteiger partial charge in [-0.1, -0.05) is 6.07 Å². The zero-order chi connectivity index (χ0) is 16.6. The molecule has 1 fully saturated rings. The third-order valence-electron chi connectivity index (χ3n) is 3.61. The van der Waals surface area contributed by atoms with Crippen LogP contribution in [0.25, 0.3) is 0 Å². The van der Waals surface area contributed by atoms with Crippen molar-refractivity contribution in [2.45, 2.75) is 12.8 Å². The van der Waals surface area contributed by atoms with Crippen molar-refractivity contribution in [3.63, 3.8) is 0 Å². The van der Waals surface area contributed by atoms with E-state index in [-0.39, 0.29) is 19.0 Å². The summed E-state index contributed by atoms with van der Waals surface area (Å²) in [6, 6.07) is 8.83. The van der Waals surface area contributed by atoms with Crippen molar-refractivity contribution in [3.8, 4) is 0 Å². The smallest absolute Gasteiger partial charge is 0.282 e. The summed E-state index contributed by atoms with van der Waals surface area (Å²) in [6.45, 7) is 1.34. The van der Waals surface area contributed by atoms with Crippen LogP contribution in [0.5, 0.6) is 0 Å². The summed E-state index contributed by atoms with van der Waals surface area (Å²) in [5, 5.41) is 2.80. The van der Waals surface area contributed by atoms with Crippen LogP contribution in [0.4, 0.5) is 20.3 Å². The molecule has 2 aromatic rings. The van der Waals surface area contributed by atoms with Crippen molar-refractivity contribution in [1.29, 1.82) is 0 Å². The molecule has 2 heterocycles. The Bertz CT molecular complexity index is 741. The lowest BCUT2D eigenvalue weighted by molar-refractivity contribution is -0.0267. The van der Waals surface area contributed by atoms with Crippen molar-refractivity contribution in [3.05, 3.63) is 51.2 Å². The minimum Gasteiger partial charge on any atom is -0.344 e. The highest BCUT2D eigenvalue weighted by Gasteiger charge is 2.44. The van der Waals surface area contributed by atoms with Crippen molar-refractivity contribution in [2.75, 3.05) is 23.3 Å². The first-order valence-corrected chi connectivity index (χ1v) is 8.08. The van der Waals surface area contributed by atoms with Crippen molar-refractivity contribution < 1.29 is 13.6 Å². The Morgan fingerprint density at radius 2 is 2.04 bits per heavy atom. The van der Waals surface area contributed by atoms with Crippen LogP contribution in [-0.4, -0.2) is 29.9 Å². The Morgan fingerprint density at radius 1 is 1.30 bits per heavy atom. The van der Waals surface area contributed by atoms with E-state index in [0.717, 1.165) is 9.13 Å². The average molecular weight is 429 g/mol. The fraction of sp³-hybridized carbons (Fsp3) is 0.250. The quantitative estimate of drug-likeness (QED) is 0.758. The number of benzene rings is 1. The van der Waals surface area contributed by atoms with Gasteiger partial charge in [0.15, 0.2) is 0 Å². The van der Waals surface area contributed by atoms with Crippen LogP contribution in [0.1, 0.15) is 15.9 Å². The topological polar surface area (TPSA) is 45.2 Å². The molecule has 1 aliphatic rings. The minimum atomic E-state index is -2.64. The number of aryl methyl sites for hydroxylation is 1. The molecule has 120 valence electrons. The van der Waals surface area contributed by atoms with E-state index >= 15 is 0 Å². The largest absolute Gasteiger partial charge is 0.344 e. The molecule has 7 heteroatoms. The molecule has 0 radical (unpaired) electrons. The van der Waals surface area contributed by atoms with Gasteiger partial charge in [-0.3, -0.25) is 4.79 Å². The highest BCUT2D eigenvalue weighted by atomic mass is 127. The lowest BCUT2D eigenvalue weighted by atomic mass is 10.1. The van der Waals surface area contributed by atoms with E-state index in [1.165, 1.54) is 11.1 Å². The van der Waals surface area contributed by atoms with E-state index in [2.05, 4.69) is 32.9 Å². The number of carbonyl (C=O) groups is 1. The Labute approximate surface area is 146 Å². The molecule has 0 bridgehead atoms. The number of halogens is 3. The minimum absolute atomic E-state index is 0.280. The number of nitrogens with zero attached hydrogens (tertiary/aromatic N) is 2. The Balaban J connectivity index is 1.67. The van der Waals surface area contributed by atoms with Gasteiger partial charge in [0.05, 0.1) is 18.7 Å². The van der Waals surface area contributed by atoms with Crippen molar-refractivity contribution in [2.24, 2.45) is 0 Å². The number of hydrogen-bond donors (Lipinski definition) is 1. The van der Waals surface area contributed by atoms with Crippen LogP contribution in [0, 0.1) is 10.5 Å². The van der Waals surface area contributed by atoms with E-state index in [4.69, 9.17) is 0 Å². The molecule has 1 aromatic carbocycles. The molecule has 0 spiro atoms. The third kappa shape index (κ3) is 3.60. The number of rotatable bonds is 3. The molecule has 0 saturated carbocycles. The molecule has 1 saturated heterocycles. The van der Waals surface area contributed by atoms with E-state index in [1.807, 2.05) is 25.1 Å². The van der Waals surface area contributed by atoms with Crippen molar-refractivity contribution in [1.82, 2.24) is 4.98 Å². The normalized spacial score (nSPS) is 15.9. The van der Waals surface area contributed by atoms with Crippen LogP contribution in [0.2, 0.25) is 0 Å². The summed E-state index contributed by atoms with van der Waals surface area (Å²) in [5.74, 6) is -2.46. The van der Waals surface area contributed by atoms with Gasteiger partial charge < -0.3 is 10.2 Å². The summed E-state index contributed by atoms with van der Waals surface area (Å²) < 4.78 is 26.8. The monoisotopic (exact) mass is 429 g/mol. The molecule has 4 nitrogen and oxygen atoms in total. The first-order valence-electron chi connectivity index (χ1n) is 7.00. The first-order chi connectivity index (χ1) is 10.8. The SMILES string of the molecule is Cc1ccc(NC(=O)c2ccc(N3CC(F)(F)C3)nc2)cc1I. The zero-order valence-corrected chi connectivity index (χ0v) is 14.5. The van der Waals surface area contributed by atoms with Gasteiger partial charge in [0.1, 0.15) is 5.82 Å². The molecule has 0 aliphatic carbocycles. The zero-order valence-electron chi connectivity index (χ0n) is 12.3. The van der Waals surface area contributed by atoms with Gasteiger partial charge in [0, 0.05) is 15.5 Å². The second-order valence-electron chi connectivity index (χ2n) is 5.54. The summed E-state index contributed by atoms with van der Waals surface area (Å²) in [7, 11) is 0. The van der Waals surface area contributed by atoms with Crippen LogP contribution < -0.4 is 10.2 Å². The van der Waals surface area contributed by atoms with E-state index in [1.54, 1.807) is 12.1 Å². The van der Waals surface area contributed by atoms with E-state index in [0.29, 0.717) is 17.1 Å². The predicted molar refractivity (Wildman–Crippen MR) is 93.2 cm³/mol. The maximum Gasteiger partial charge on any atom is 0.282 e.